The molecule has 3 heteroatoms. The van der Waals surface area contributed by atoms with Gasteiger partial charge >= 0.3 is 0 Å². The number of nitrogens with one attached hydrogen (secondary N) is 1. The molecule has 0 spiro atoms. The van der Waals surface area contributed by atoms with E-state index in [2.05, 4.69) is 24.1 Å². The minimum Gasteiger partial charge on any atom is -0.381 e. The Hall–Kier alpha value is -0.120. The number of aliphatic hydroxyl groups is 1. The van der Waals surface area contributed by atoms with Gasteiger partial charge in [0.25, 0.3) is 0 Å². The summed E-state index contributed by atoms with van der Waals surface area (Å²) in [7, 11) is 0. The van der Waals surface area contributed by atoms with E-state index in [0.29, 0.717) is 12.1 Å². The molecular formula is C7H16N2O. The molecule has 0 aliphatic carbocycles. The largest absolute Gasteiger partial charge is 0.381 e. The first kappa shape index (κ1) is 7.98. The highest BCUT2D eigenvalue weighted by Crippen LogP contribution is 2.03. The van der Waals surface area contributed by atoms with Crippen LogP contribution in [0.5, 0.6) is 0 Å². The van der Waals surface area contributed by atoms with Crippen molar-refractivity contribution in [3.63, 3.8) is 0 Å². The third-order valence-corrected chi connectivity index (χ3v) is 2.08. The van der Waals surface area contributed by atoms with Gasteiger partial charge in [-0.1, -0.05) is 0 Å². The Morgan fingerprint density at radius 3 is 2.80 bits per heavy atom. The molecule has 0 saturated carbocycles. The van der Waals surface area contributed by atoms with Gasteiger partial charge in [0.1, 0.15) is 0 Å². The summed E-state index contributed by atoms with van der Waals surface area (Å²) in [4.78, 5) is 2.07. The molecule has 60 valence electrons. The van der Waals surface area contributed by atoms with Crippen molar-refractivity contribution >= 4 is 0 Å². The van der Waals surface area contributed by atoms with Crippen LogP contribution >= 0.6 is 0 Å². The summed E-state index contributed by atoms with van der Waals surface area (Å²) < 4.78 is 0. The van der Waals surface area contributed by atoms with Crippen LogP contribution in [0.3, 0.4) is 0 Å². The van der Waals surface area contributed by atoms with Gasteiger partial charge in [-0.15, -0.1) is 0 Å². The van der Waals surface area contributed by atoms with E-state index in [1.165, 1.54) is 0 Å². The van der Waals surface area contributed by atoms with E-state index in [-0.39, 0.29) is 6.73 Å². The van der Waals surface area contributed by atoms with Gasteiger partial charge in [0.15, 0.2) is 0 Å². The van der Waals surface area contributed by atoms with Crippen molar-refractivity contribution in [2.75, 3.05) is 19.8 Å². The maximum atomic E-state index is 8.88. The Morgan fingerprint density at radius 2 is 2.30 bits per heavy atom. The summed E-state index contributed by atoms with van der Waals surface area (Å²) in [6, 6.07) is 0.990. The standard InChI is InChI=1S/C7H16N2O/c1-6-4-9(5-10)7(2)3-8-6/h6-8,10H,3-5H2,1-2H3. The van der Waals surface area contributed by atoms with Crippen molar-refractivity contribution in [3.8, 4) is 0 Å². The van der Waals surface area contributed by atoms with Crippen LogP contribution in [0.1, 0.15) is 13.8 Å². The molecule has 0 radical (unpaired) electrons. The van der Waals surface area contributed by atoms with Crippen molar-refractivity contribution in [3.05, 3.63) is 0 Å². The Labute approximate surface area is 62.0 Å². The zero-order chi connectivity index (χ0) is 7.56. The smallest absolute Gasteiger partial charge is 0.0959 e. The van der Waals surface area contributed by atoms with Gasteiger partial charge < -0.3 is 10.4 Å². The second-order valence-corrected chi connectivity index (χ2v) is 3.07. The SMILES string of the molecule is CC1CN(CO)C(C)CN1. The Balaban J connectivity index is 2.38. The molecule has 2 atom stereocenters. The summed E-state index contributed by atoms with van der Waals surface area (Å²) in [6.07, 6.45) is 0. The fourth-order valence-electron chi connectivity index (χ4n) is 1.29. The van der Waals surface area contributed by atoms with E-state index in [0.717, 1.165) is 13.1 Å². The van der Waals surface area contributed by atoms with E-state index >= 15 is 0 Å². The second kappa shape index (κ2) is 3.32. The monoisotopic (exact) mass is 144 g/mol. The number of piperazine rings is 1. The molecule has 1 aliphatic heterocycles. The summed E-state index contributed by atoms with van der Waals surface area (Å²) in [5.74, 6) is 0. The molecule has 0 amide bonds. The van der Waals surface area contributed by atoms with Gasteiger partial charge in [0.05, 0.1) is 6.73 Å². The molecule has 2 unspecified atom stereocenters. The van der Waals surface area contributed by atoms with Gasteiger partial charge in [-0.25, -0.2) is 0 Å². The molecule has 1 rings (SSSR count). The van der Waals surface area contributed by atoms with Crippen molar-refractivity contribution in [2.24, 2.45) is 0 Å². The normalized spacial score (nSPS) is 36.3. The fraction of sp³-hybridized carbons (Fsp3) is 1.00. The molecule has 1 saturated heterocycles. The first-order valence-electron chi connectivity index (χ1n) is 3.82. The van der Waals surface area contributed by atoms with Crippen molar-refractivity contribution in [1.29, 1.82) is 0 Å². The lowest BCUT2D eigenvalue weighted by atomic mass is 10.1. The van der Waals surface area contributed by atoms with Crippen molar-refractivity contribution < 1.29 is 5.11 Å². The number of hydrogen-bond donors (Lipinski definition) is 2. The molecule has 1 aliphatic rings. The third-order valence-electron chi connectivity index (χ3n) is 2.08. The van der Waals surface area contributed by atoms with E-state index in [4.69, 9.17) is 5.11 Å². The van der Waals surface area contributed by atoms with Crippen LogP contribution < -0.4 is 5.32 Å². The number of aliphatic hydroxyl groups excluding tert-OH is 1. The highest BCUT2D eigenvalue weighted by atomic mass is 16.3. The Bertz CT molecular complexity index is 108. The minimum atomic E-state index is 0.188. The van der Waals surface area contributed by atoms with E-state index in [1.807, 2.05) is 0 Å². The molecule has 10 heavy (non-hydrogen) atoms. The summed E-state index contributed by atoms with van der Waals surface area (Å²) in [5, 5.41) is 12.2. The first-order valence-corrected chi connectivity index (χ1v) is 3.82. The Kier molecular flexibility index (Phi) is 2.65. The average molecular weight is 144 g/mol. The second-order valence-electron chi connectivity index (χ2n) is 3.07. The highest BCUT2D eigenvalue weighted by Gasteiger charge is 2.20. The molecule has 2 N–H and O–H groups in total. The quantitative estimate of drug-likeness (QED) is 0.526. The van der Waals surface area contributed by atoms with E-state index in [1.54, 1.807) is 0 Å². The number of nitrogens with zero attached hydrogens (tertiary/aromatic N) is 1. The van der Waals surface area contributed by atoms with Gasteiger partial charge in [-0.2, -0.15) is 0 Å². The van der Waals surface area contributed by atoms with Crippen LogP contribution in [0.15, 0.2) is 0 Å². The maximum Gasteiger partial charge on any atom is 0.0959 e. The number of hydrogen-bond acceptors (Lipinski definition) is 3. The van der Waals surface area contributed by atoms with Crippen LogP contribution in [0.2, 0.25) is 0 Å². The highest BCUT2D eigenvalue weighted by molar-refractivity contribution is 4.79. The summed E-state index contributed by atoms with van der Waals surface area (Å²) in [6.45, 7) is 6.39. The van der Waals surface area contributed by atoms with E-state index in [9.17, 15) is 0 Å². The topological polar surface area (TPSA) is 35.5 Å². The molecule has 0 aromatic rings. The molecule has 0 aromatic heterocycles. The lowest BCUT2D eigenvalue weighted by Crippen LogP contribution is -2.54. The summed E-state index contributed by atoms with van der Waals surface area (Å²) >= 11 is 0. The lowest BCUT2D eigenvalue weighted by molar-refractivity contribution is 0.0457. The van der Waals surface area contributed by atoms with Crippen LogP contribution in [-0.2, 0) is 0 Å². The maximum absolute atomic E-state index is 8.88. The average Bonchev–Trinajstić information content (AvgIpc) is 1.94. The molecular weight excluding hydrogens is 128 g/mol. The summed E-state index contributed by atoms with van der Waals surface area (Å²) in [5.41, 5.74) is 0. The van der Waals surface area contributed by atoms with Gasteiger partial charge in [-0.05, 0) is 13.8 Å². The zero-order valence-corrected chi connectivity index (χ0v) is 6.67. The van der Waals surface area contributed by atoms with Gasteiger partial charge in [-0.3, -0.25) is 4.90 Å². The van der Waals surface area contributed by atoms with Crippen LogP contribution in [0.25, 0.3) is 0 Å². The Morgan fingerprint density at radius 1 is 1.60 bits per heavy atom. The van der Waals surface area contributed by atoms with Gasteiger partial charge in [0.2, 0.25) is 0 Å². The van der Waals surface area contributed by atoms with Crippen LogP contribution in [-0.4, -0.2) is 41.9 Å². The minimum absolute atomic E-state index is 0.188. The molecule has 1 fully saturated rings. The third kappa shape index (κ3) is 1.68. The van der Waals surface area contributed by atoms with Gasteiger partial charge in [0, 0.05) is 25.2 Å². The van der Waals surface area contributed by atoms with Crippen LogP contribution in [0.4, 0.5) is 0 Å². The number of rotatable bonds is 1. The molecule has 0 aromatic carbocycles. The molecule has 1 heterocycles. The lowest BCUT2D eigenvalue weighted by Gasteiger charge is -2.35. The molecule has 3 nitrogen and oxygen atoms in total. The van der Waals surface area contributed by atoms with Crippen LogP contribution in [0, 0.1) is 0 Å². The van der Waals surface area contributed by atoms with Crippen molar-refractivity contribution in [1.82, 2.24) is 10.2 Å². The zero-order valence-electron chi connectivity index (χ0n) is 6.67. The van der Waals surface area contributed by atoms with E-state index < -0.39 is 0 Å². The van der Waals surface area contributed by atoms with Crippen molar-refractivity contribution in [2.45, 2.75) is 25.9 Å². The predicted molar refractivity (Wildman–Crippen MR) is 40.7 cm³/mol. The predicted octanol–water partition coefficient (Wildman–Crippen LogP) is -0.382. The fourth-order valence-corrected chi connectivity index (χ4v) is 1.29. The first-order chi connectivity index (χ1) is 4.74. The molecule has 0 bridgehead atoms.